The predicted molar refractivity (Wildman–Crippen MR) is 134 cm³/mol. The molecule has 0 spiro atoms. The summed E-state index contributed by atoms with van der Waals surface area (Å²) in [5, 5.41) is 4.10. The molecule has 31 heavy (non-hydrogen) atoms. The highest BCUT2D eigenvalue weighted by Gasteiger charge is 2.32. The predicted octanol–water partition coefficient (Wildman–Crippen LogP) is 0.593. The number of nitrogens with zero attached hydrogens (tertiary/aromatic N) is 6. The van der Waals surface area contributed by atoms with E-state index in [0.717, 1.165) is 36.1 Å². The van der Waals surface area contributed by atoms with Gasteiger partial charge in [0, 0.05) is 36.2 Å². The van der Waals surface area contributed by atoms with Crippen LogP contribution in [0.2, 0.25) is 5.02 Å². The fraction of sp³-hybridized carbons (Fsp3) is 0.250. The molecule has 11 heteroatoms. The Labute approximate surface area is 190 Å². The van der Waals surface area contributed by atoms with Crippen molar-refractivity contribution in [3.63, 3.8) is 0 Å². The first-order valence-corrected chi connectivity index (χ1v) is 10.7. The lowest BCUT2D eigenvalue weighted by atomic mass is 9.48. The van der Waals surface area contributed by atoms with Crippen molar-refractivity contribution in [1.82, 2.24) is 24.4 Å². The third kappa shape index (κ3) is 4.59. The van der Waals surface area contributed by atoms with Crippen molar-refractivity contribution in [3.8, 4) is 5.69 Å². The molecule has 0 bridgehead atoms. The van der Waals surface area contributed by atoms with Crippen LogP contribution < -0.4 is 10.2 Å². The Morgan fingerprint density at radius 2 is 1.87 bits per heavy atom. The third-order valence-electron chi connectivity index (χ3n) is 5.41. The van der Waals surface area contributed by atoms with Gasteiger partial charge < -0.3 is 19.7 Å². The molecule has 0 amide bonds. The summed E-state index contributed by atoms with van der Waals surface area (Å²) in [4.78, 5) is 18.1. The summed E-state index contributed by atoms with van der Waals surface area (Å²) >= 11 is 5.98. The highest BCUT2D eigenvalue weighted by Crippen LogP contribution is 2.27. The fourth-order valence-electron chi connectivity index (χ4n) is 3.73. The normalized spacial score (nSPS) is 15.4. The van der Waals surface area contributed by atoms with Crippen molar-refractivity contribution >= 4 is 46.9 Å². The molecule has 1 unspecified atom stereocenters. The molecule has 3 heterocycles. The second-order valence-electron chi connectivity index (χ2n) is 8.68. The Morgan fingerprint density at radius 3 is 2.55 bits per heavy atom. The number of rotatable bonds is 6. The molecule has 4 rings (SSSR count). The van der Waals surface area contributed by atoms with E-state index in [-0.39, 0.29) is 11.3 Å². The lowest BCUT2D eigenvalue weighted by Gasteiger charge is -2.35. The molecule has 1 aliphatic heterocycles. The van der Waals surface area contributed by atoms with E-state index >= 15 is 0 Å². The Morgan fingerprint density at radius 1 is 1.13 bits per heavy atom. The minimum absolute atomic E-state index is 0.0252. The van der Waals surface area contributed by atoms with E-state index in [0.29, 0.717) is 11.0 Å². The number of benzene rings is 1. The summed E-state index contributed by atoms with van der Waals surface area (Å²) in [5.74, 6) is 2.37. The van der Waals surface area contributed by atoms with Gasteiger partial charge >= 0.3 is 0 Å². The monoisotopic (exact) mass is 431 g/mol. The van der Waals surface area contributed by atoms with Gasteiger partial charge in [-0.3, -0.25) is 0 Å². The maximum atomic E-state index is 5.98. The SMILES string of the molecule is BC(B)(B)N1CCN(c2ccnc(NC(C)c3cn(-c4ccc(Cl)cc4)cn3)n2)C1=C. The first-order valence-electron chi connectivity index (χ1n) is 10.4. The van der Waals surface area contributed by atoms with Gasteiger partial charge in [-0.25, -0.2) is 9.97 Å². The molecule has 3 aromatic rings. The van der Waals surface area contributed by atoms with Crippen LogP contribution in [0.4, 0.5) is 11.8 Å². The van der Waals surface area contributed by atoms with Crippen molar-refractivity contribution in [3.05, 3.63) is 72.2 Å². The molecule has 0 aliphatic carbocycles. The van der Waals surface area contributed by atoms with Gasteiger partial charge in [0.05, 0.1) is 18.1 Å². The number of halogens is 1. The lowest BCUT2D eigenvalue weighted by molar-refractivity contribution is 0.404. The Balaban J connectivity index is 1.47. The van der Waals surface area contributed by atoms with E-state index in [1.807, 2.05) is 48.0 Å². The van der Waals surface area contributed by atoms with Gasteiger partial charge in [-0.2, -0.15) is 4.98 Å². The van der Waals surface area contributed by atoms with Crippen LogP contribution in [0, 0.1) is 0 Å². The number of nitrogens with one attached hydrogen (secondary N) is 1. The molecule has 7 nitrogen and oxygen atoms in total. The van der Waals surface area contributed by atoms with Gasteiger partial charge in [-0.05, 0) is 42.5 Å². The maximum Gasteiger partial charge on any atom is 0.225 e. The number of imidazole rings is 1. The van der Waals surface area contributed by atoms with Crippen molar-refractivity contribution in [2.75, 3.05) is 23.3 Å². The van der Waals surface area contributed by atoms with Crippen LogP contribution in [0.5, 0.6) is 0 Å². The molecular weight excluding hydrogens is 406 g/mol. The van der Waals surface area contributed by atoms with Crippen molar-refractivity contribution in [1.29, 1.82) is 0 Å². The Kier molecular flexibility index (Phi) is 5.75. The van der Waals surface area contributed by atoms with Crippen molar-refractivity contribution in [2.45, 2.75) is 18.2 Å². The van der Waals surface area contributed by atoms with E-state index < -0.39 is 0 Å². The molecule has 1 aromatic carbocycles. The van der Waals surface area contributed by atoms with Crippen LogP contribution in [0.25, 0.3) is 5.69 Å². The summed E-state index contributed by atoms with van der Waals surface area (Å²) in [6, 6.07) is 9.51. The van der Waals surface area contributed by atoms with E-state index in [1.54, 1.807) is 12.5 Å². The number of hydrogen-bond donors (Lipinski definition) is 1. The largest absolute Gasteiger partial charge is 0.374 e. The number of anilines is 2. The summed E-state index contributed by atoms with van der Waals surface area (Å²) in [6.07, 6.45) is 5.56. The van der Waals surface area contributed by atoms with E-state index in [9.17, 15) is 0 Å². The van der Waals surface area contributed by atoms with Crippen molar-refractivity contribution < 1.29 is 0 Å². The number of aromatic nitrogens is 4. The molecule has 1 N–H and O–H groups in total. The summed E-state index contributed by atoms with van der Waals surface area (Å²) in [6.45, 7) is 8.11. The quantitative estimate of drug-likeness (QED) is 0.577. The fourth-order valence-corrected chi connectivity index (χ4v) is 3.85. The average molecular weight is 431 g/mol. The Hall–Kier alpha value is -2.87. The molecule has 2 aromatic heterocycles. The van der Waals surface area contributed by atoms with Gasteiger partial charge in [-0.15, -0.1) is 0 Å². The van der Waals surface area contributed by atoms with Crippen LogP contribution in [-0.4, -0.2) is 66.3 Å². The van der Waals surface area contributed by atoms with Gasteiger partial charge in [0.1, 0.15) is 35.2 Å². The lowest BCUT2D eigenvalue weighted by Crippen LogP contribution is -2.48. The minimum atomic E-state index is -0.0587. The second kappa shape index (κ2) is 8.34. The van der Waals surface area contributed by atoms with Crippen LogP contribution in [-0.2, 0) is 0 Å². The molecular formula is C20H25B3ClN7. The minimum Gasteiger partial charge on any atom is -0.374 e. The summed E-state index contributed by atoms with van der Waals surface area (Å²) in [5.41, 5.74) is 1.90. The zero-order chi connectivity index (χ0) is 22.2. The maximum absolute atomic E-state index is 5.98. The third-order valence-corrected chi connectivity index (χ3v) is 5.67. The molecule has 156 valence electrons. The zero-order valence-corrected chi connectivity index (χ0v) is 19.1. The van der Waals surface area contributed by atoms with E-state index in [1.165, 1.54) is 0 Å². The average Bonchev–Trinajstić information content (AvgIpc) is 3.36. The second-order valence-corrected chi connectivity index (χ2v) is 9.11. The zero-order valence-electron chi connectivity index (χ0n) is 18.4. The highest BCUT2D eigenvalue weighted by molar-refractivity contribution is 6.59. The molecule has 0 saturated carbocycles. The first kappa shape index (κ1) is 21.4. The van der Waals surface area contributed by atoms with Crippen LogP contribution >= 0.6 is 11.6 Å². The molecule has 0 radical (unpaired) electrons. The van der Waals surface area contributed by atoms with Gasteiger partial charge in [0.25, 0.3) is 0 Å². The first-order chi connectivity index (χ1) is 14.7. The van der Waals surface area contributed by atoms with Gasteiger partial charge in [0.15, 0.2) is 0 Å². The summed E-state index contributed by atoms with van der Waals surface area (Å²) < 4.78 is 1.97. The highest BCUT2D eigenvalue weighted by atomic mass is 35.5. The Bertz CT molecular complexity index is 1080. The summed E-state index contributed by atoms with van der Waals surface area (Å²) in [7, 11) is 6.58. The smallest absolute Gasteiger partial charge is 0.225 e. The topological polar surface area (TPSA) is 62.1 Å². The molecule has 1 saturated heterocycles. The van der Waals surface area contributed by atoms with Gasteiger partial charge in [-0.1, -0.05) is 18.2 Å². The van der Waals surface area contributed by atoms with Crippen LogP contribution in [0.3, 0.4) is 0 Å². The molecule has 1 fully saturated rings. The van der Waals surface area contributed by atoms with Crippen molar-refractivity contribution in [2.24, 2.45) is 0 Å². The van der Waals surface area contributed by atoms with Gasteiger partial charge in [0.2, 0.25) is 5.95 Å². The van der Waals surface area contributed by atoms with Crippen LogP contribution in [0.15, 0.2) is 61.5 Å². The number of hydrogen-bond acceptors (Lipinski definition) is 6. The molecule has 1 aliphatic rings. The van der Waals surface area contributed by atoms with Crippen LogP contribution in [0.1, 0.15) is 18.7 Å². The molecule has 1 atom stereocenters. The standard InChI is InChI=1S/C20H25B3ClN7/c1-13(17-11-29(12-26-17)16-5-3-15(24)4-6-16)27-19-25-8-7-18(28-19)30-9-10-31(14(30)2)20(21,22)23/h3-8,11-13H,2,9-10,21-23H2,1H3,(H,25,27,28). The van der Waals surface area contributed by atoms with E-state index in [4.69, 9.17) is 16.6 Å². The van der Waals surface area contributed by atoms with E-state index in [2.05, 4.69) is 55.2 Å².